The Bertz CT molecular complexity index is 988. The highest BCUT2D eigenvalue weighted by Crippen LogP contribution is 2.26. The fourth-order valence-corrected chi connectivity index (χ4v) is 4.10. The first-order valence-corrected chi connectivity index (χ1v) is 11.6. The molecule has 0 aliphatic heterocycles. The van der Waals surface area contributed by atoms with Gasteiger partial charge in [-0.15, -0.1) is 0 Å². The number of fused-ring (bicyclic) bond motifs is 2. The van der Waals surface area contributed by atoms with Crippen molar-refractivity contribution >= 4 is 21.5 Å². The van der Waals surface area contributed by atoms with Gasteiger partial charge in [-0.1, -0.05) is 105 Å². The van der Waals surface area contributed by atoms with E-state index in [4.69, 9.17) is 9.47 Å². The van der Waals surface area contributed by atoms with Crippen LogP contribution in [0.25, 0.3) is 21.5 Å². The maximum absolute atomic E-state index is 6.03. The minimum absolute atomic E-state index is 0.798. The highest BCUT2D eigenvalue weighted by atomic mass is 16.5. The number of ether oxygens (including phenoxy) is 2. The fraction of sp³-hybridized carbons (Fsp3) is 0.310. The Morgan fingerprint density at radius 1 is 0.387 bits per heavy atom. The molecule has 0 atom stereocenters. The van der Waals surface area contributed by atoms with Gasteiger partial charge in [-0.05, 0) is 35.7 Å². The summed E-state index contributed by atoms with van der Waals surface area (Å²) in [5, 5.41) is 4.89. The summed E-state index contributed by atoms with van der Waals surface area (Å²) in [6.45, 7) is 1.60. The van der Waals surface area contributed by atoms with Crippen LogP contribution in [-0.4, -0.2) is 13.2 Å². The second-order valence-electron chi connectivity index (χ2n) is 8.13. The zero-order chi connectivity index (χ0) is 21.1. The van der Waals surface area contributed by atoms with Gasteiger partial charge in [-0.25, -0.2) is 0 Å². The molecule has 0 saturated carbocycles. The molecule has 0 amide bonds. The van der Waals surface area contributed by atoms with Gasteiger partial charge in [0.05, 0.1) is 13.2 Å². The summed E-state index contributed by atoms with van der Waals surface area (Å²) in [4.78, 5) is 0. The Morgan fingerprint density at radius 2 is 0.774 bits per heavy atom. The maximum Gasteiger partial charge on any atom is 0.127 e. The van der Waals surface area contributed by atoms with Crippen molar-refractivity contribution in [3.63, 3.8) is 0 Å². The maximum atomic E-state index is 6.03. The minimum Gasteiger partial charge on any atom is -0.493 e. The highest BCUT2D eigenvalue weighted by Gasteiger charge is 2.02. The summed E-state index contributed by atoms with van der Waals surface area (Å²) >= 11 is 0. The summed E-state index contributed by atoms with van der Waals surface area (Å²) in [5.74, 6) is 2.01. The molecule has 0 heterocycles. The van der Waals surface area contributed by atoms with E-state index in [1.807, 2.05) is 0 Å². The summed E-state index contributed by atoms with van der Waals surface area (Å²) in [6, 6.07) is 29.4. The van der Waals surface area contributed by atoms with Crippen molar-refractivity contribution in [2.75, 3.05) is 13.2 Å². The Morgan fingerprint density at radius 3 is 1.26 bits per heavy atom. The first-order chi connectivity index (χ1) is 15.4. The molecule has 0 unspecified atom stereocenters. The molecule has 0 aromatic heterocycles. The molecule has 2 nitrogen and oxygen atoms in total. The summed E-state index contributed by atoms with van der Waals surface area (Å²) in [6.07, 6.45) is 8.56. The average molecular weight is 413 g/mol. The highest BCUT2D eigenvalue weighted by molar-refractivity contribution is 5.88. The molecule has 2 heteroatoms. The summed E-state index contributed by atoms with van der Waals surface area (Å²) in [7, 11) is 0. The van der Waals surface area contributed by atoms with E-state index in [0.29, 0.717) is 0 Å². The third kappa shape index (κ3) is 6.01. The van der Waals surface area contributed by atoms with Crippen molar-refractivity contribution in [1.29, 1.82) is 0 Å². The molecular formula is C29H32O2. The van der Waals surface area contributed by atoms with Gasteiger partial charge in [0.15, 0.2) is 0 Å². The lowest BCUT2D eigenvalue weighted by Crippen LogP contribution is -1.98. The molecule has 4 aromatic carbocycles. The third-order valence-corrected chi connectivity index (χ3v) is 5.80. The lowest BCUT2D eigenvalue weighted by atomic mass is 10.1. The normalized spacial score (nSPS) is 11.1. The zero-order valence-corrected chi connectivity index (χ0v) is 18.3. The zero-order valence-electron chi connectivity index (χ0n) is 18.3. The van der Waals surface area contributed by atoms with E-state index in [1.54, 1.807) is 0 Å². The third-order valence-electron chi connectivity index (χ3n) is 5.80. The van der Waals surface area contributed by atoms with Gasteiger partial charge in [0.25, 0.3) is 0 Å². The molecule has 4 aromatic rings. The van der Waals surface area contributed by atoms with Gasteiger partial charge < -0.3 is 9.47 Å². The SMILES string of the molecule is c1ccc2c(OCCCCCCCCCOc3cccc4ccccc34)cccc2c1. The molecule has 0 fully saturated rings. The van der Waals surface area contributed by atoms with Crippen LogP contribution in [0, 0.1) is 0 Å². The molecule has 4 rings (SSSR count). The van der Waals surface area contributed by atoms with E-state index in [2.05, 4.69) is 84.9 Å². The van der Waals surface area contributed by atoms with Gasteiger partial charge >= 0.3 is 0 Å². The van der Waals surface area contributed by atoms with E-state index in [-0.39, 0.29) is 0 Å². The molecule has 0 N–H and O–H groups in total. The second-order valence-corrected chi connectivity index (χ2v) is 8.13. The summed E-state index contributed by atoms with van der Waals surface area (Å²) in [5.41, 5.74) is 0. The smallest absolute Gasteiger partial charge is 0.127 e. The molecule has 0 saturated heterocycles. The van der Waals surface area contributed by atoms with Crippen LogP contribution < -0.4 is 9.47 Å². The summed E-state index contributed by atoms with van der Waals surface area (Å²) < 4.78 is 12.1. The van der Waals surface area contributed by atoms with Crippen LogP contribution in [0.2, 0.25) is 0 Å². The van der Waals surface area contributed by atoms with Crippen LogP contribution >= 0.6 is 0 Å². The topological polar surface area (TPSA) is 18.5 Å². The van der Waals surface area contributed by atoms with E-state index >= 15 is 0 Å². The lowest BCUT2D eigenvalue weighted by molar-refractivity contribution is 0.303. The Hall–Kier alpha value is -3.00. The monoisotopic (exact) mass is 412 g/mol. The van der Waals surface area contributed by atoms with Gasteiger partial charge in [0, 0.05) is 10.8 Å². The Kier molecular flexibility index (Phi) is 7.82. The van der Waals surface area contributed by atoms with Crippen LogP contribution in [0.3, 0.4) is 0 Å². The molecular weight excluding hydrogens is 380 g/mol. The quantitative estimate of drug-likeness (QED) is 0.218. The van der Waals surface area contributed by atoms with Gasteiger partial charge in [0.1, 0.15) is 11.5 Å². The molecule has 0 aliphatic carbocycles. The molecule has 0 bridgehead atoms. The van der Waals surface area contributed by atoms with E-state index in [0.717, 1.165) is 37.6 Å². The van der Waals surface area contributed by atoms with E-state index in [1.165, 1.54) is 53.6 Å². The number of rotatable bonds is 12. The Balaban J connectivity index is 1.05. The molecule has 0 spiro atoms. The number of hydrogen-bond donors (Lipinski definition) is 0. The van der Waals surface area contributed by atoms with Gasteiger partial charge in [-0.2, -0.15) is 0 Å². The van der Waals surface area contributed by atoms with Crippen molar-refractivity contribution in [2.45, 2.75) is 44.9 Å². The second kappa shape index (κ2) is 11.4. The Labute approximate surface area is 185 Å². The number of hydrogen-bond acceptors (Lipinski definition) is 2. The van der Waals surface area contributed by atoms with Crippen molar-refractivity contribution in [3.8, 4) is 11.5 Å². The molecule has 31 heavy (non-hydrogen) atoms. The predicted octanol–water partition coefficient (Wildman–Crippen LogP) is 8.18. The van der Waals surface area contributed by atoms with Crippen molar-refractivity contribution in [2.24, 2.45) is 0 Å². The van der Waals surface area contributed by atoms with Crippen LogP contribution in [0.4, 0.5) is 0 Å². The van der Waals surface area contributed by atoms with Crippen LogP contribution in [0.5, 0.6) is 11.5 Å². The van der Waals surface area contributed by atoms with Gasteiger partial charge in [-0.3, -0.25) is 0 Å². The fourth-order valence-electron chi connectivity index (χ4n) is 4.10. The molecule has 0 aliphatic rings. The average Bonchev–Trinajstić information content (AvgIpc) is 2.82. The molecule has 0 radical (unpaired) electrons. The number of unbranched alkanes of at least 4 members (excludes halogenated alkanes) is 6. The molecule has 160 valence electrons. The van der Waals surface area contributed by atoms with Crippen molar-refractivity contribution in [1.82, 2.24) is 0 Å². The van der Waals surface area contributed by atoms with Crippen LogP contribution in [-0.2, 0) is 0 Å². The first-order valence-electron chi connectivity index (χ1n) is 11.6. The lowest BCUT2D eigenvalue weighted by Gasteiger charge is -2.10. The van der Waals surface area contributed by atoms with Crippen LogP contribution in [0.15, 0.2) is 84.9 Å². The van der Waals surface area contributed by atoms with E-state index in [9.17, 15) is 0 Å². The standard InChI is InChI=1S/C29H32O2/c1(2-4-10-22-30-28-20-12-16-24-14-6-8-18-26(24)28)3-5-11-23-31-29-21-13-17-25-15-7-9-19-27(25)29/h6-9,12-21H,1-5,10-11,22-23H2. The largest absolute Gasteiger partial charge is 0.493 e. The van der Waals surface area contributed by atoms with Gasteiger partial charge in [0.2, 0.25) is 0 Å². The first kappa shape index (κ1) is 21.2. The van der Waals surface area contributed by atoms with Crippen molar-refractivity contribution < 1.29 is 9.47 Å². The minimum atomic E-state index is 0.798. The van der Waals surface area contributed by atoms with E-state index < -0.39 is 0 Å². The van der Waals surface area contributed by atoms with Crippen molar-refractivity contribution in [3.05, 3.63) is 84.9 Å². The van der Waals surface area contributed by atoms with Crippen LogP contribution in [0.1, 0.15) is 44.9 Å². The number of benzene rings is 4. The predicted molar refractivity (Wildman–Crippen MR) is 131 cm³/mol.